The highest BCUT2D eigenvalue weighted by molar-refractivity contribution is 5.79. The van der Waals surface area contributed by atoms with E-state index in [1.165, 1.54) is 49.8 Å². The molecule has 2 aliphatic heterocycles. The SMILES string of the molecule is Cc1ccccc1N1CCN([C@H]2CCCN(C(=O)C3CCCCCC3)C2)CC1. The summed E-state index contributed by atoms with van der Waals surface area (Å²) in [6.07, 6.45) is 9.78. The molecule has 3 fully saturated rings. The molecular formula is C24H37N3O. The Hall–Kier alpha value is -1.55. The van der Waals surface area contributed by atoms with Crippen LogP contribution < -0.4 is 4.90 Å². The molecule has 1 atom stereocenters. The van der Waals surface area contributed by atoms with Gasteiger partial charge in [0.05, 0.1) is 0 Å². The first-order valence-corrected chi connectivity index (χ1v) is 11.6. The van der Waals surface area contributed by atoms with E-state index in [-0.39, 0.29) is 0 Å². The molecule has 1 aromatic rings. The molecule has 0 N–H and O–H groups in total. The first kappa shape index (κ1) is 19.8. The van der Waals surface area contributed by atoms with Crippen LogP contribution in [0.5, 0.6) is 0 Å². The van der Waals surface area contributed by atoms with Gasteiger partial charge in [-0.05, 0) is 44.2 Å². The second kappa shape index (κ2) is 9.30. The predicted molar refractivity (Wildman–Crippen MR) is 116 cm³/mol. The molecule has 1 saturated carbocycles. The average Bonchev–Trinajstić information content (AvgIpc) is 3.03. The lowest BCUT2D eigenvalue weighted by molar-refractivity contribution is -0.138. The van der Waals surface area contributed by atoms with Gasteiger partial charge < -0.3 is 9.80 Å². The summed E-state index contributed by atoms with van der Waals surface area (Å²) in [4.78, 5) is 20.5. The van der Waals surface area contributed by atoms with Gasteiger partial charge in [-0.1, -0.05) is 43.9 Å². The molecule has 4 rings (SSSR count). The normalized spacial score (nSPS) is 25.5. The summed E-state index contributed by atoms with van der Waals surface area (Å²) >= 11 is 0. The number of amides is 1. The first-order valence-electron chi connectivity index (χ1n) is 11.6. The van der Waals surface area contributed by atoms with Crippen LogP contribution in [-0.2, 0) is 4.79 Å². The van der Waals surface area contributed by atoms with E-state index in [1.54, 1.807) is 0 Å². The van der Waals surface area contributed by atoms with Gasteiger partial charge >= 0.3 is 0 Å². The lowest BCUT2D eigenvalue weighted by atomic mass is 9.96. The summed E-state index contributed by atoms with van der Waals surface area (Å²) in [6.45, 7) is 8.57. The molecular weight excluding hydrogens is 346 g/mol. The predicted octanol–water partition coefficient (Wildman–Crippen LogP) is 4.08. The number of aryl methyl sites for hydroxylation is 1. The second-order valence-electron chi connectivity index (χ2n) is 9.08. The van der Waals surface area contributed by atoms with E-state index in [2.05, 4.69) is 45.9 Å². The molecule has 0 unspecified atom stereocenters. The van der Waals surface area contributed by atoms with Crippen LogP contribution in [0.2, 0.25) is 0 Å². The summed E-state index contributed by atoms with van der Waals surface area (Å²) in [5, 5.41) is 0. The molecule has 0 spiro atoms. The zero-order valence-corrected chi connectivity index (χ0v) is 17.6. The monoisotopic (exact) mass is 383 g/mol. The van der Waals surface area contributed by atoms with E-state index in [4.69, 9.17) is 0 Å². The number of para-hydroxylation sites is 1. The third kappa shape index (κ3) is 4.53. The highest BCUT2D eigenvalue weighted by Gasteiger charge is 2.32. The van der Waals surface area contributed by atoms with Crippen molar-refractivity contribution in [3.8, 4) is 0 Å². The molecule has 1 amide bonds. The van der Waals surface area contributed by atoms with Crippen molar-refractivity contribution in [2.45, 2.75) is 64.3 Å². The van der Waals surface area contributed by atoms with Crippen molar-refractivity contribution in [1.29, 1.82) is 0 Å². The van der Waals surface area contributed by atoms with Gasteiger partial charge in [-0.3, -0.25) is 9.69 Å². The Balaban J connectivity index is 1.31. The maximum atomic E-state index is 13.1. The van der Waals surface area contributed by atoms with E-state index in [1.807, 2.05) is 0 Å². The van der Waals surface area contributed by atoms with Crippen molar-refractivity contribution >= 4 is 11.6 Å². The molecule has 28 heavy (non-hydrogen) atoms. The van der Waals surface area contributed by atoms with Crippen LogP contribution in [-0.4, -0.2) is 61.0 Å². The number of hydrogen-bond acceptors (Lipinski definition) is 3. The molecule has 154 valence electrons. The highest BCUT2D eigenvalue weighted by Crippen LogP contribution is 2.27. The van der Waals surface area contributed by atoms with Crippen molar-refractivity contribution in [1.82, 2.24) is 9.80 Å². The minimum atomic E-state index is 0.305. The largest absolute Gasteiger partial charge is 0.369 e. The van der Waals surface area contributed by atoms with Crippen molar-refractivity contribution in [2.75, 3.05) is 44.2 Å². The molecule has 3 aliphatic rings. The van der Waals surface area contributed by atoms with E-state index < -0.39 is 0 Å². The van der Waals surface area contributed by atoms with Crippen LogP contribution in [0.4, 0.5) is 5.69 Å². The number of piperazine rings is 1. The van der Waals surface area contributed by atoms with Crippen LogP contribution in [0.15, 0.2) is 24.3 Å². The van der Waals surface area contributed by atoms with Gasteiger partial charge in [-0.2, -0.15) is 0 Å². The topological polar surface area (TPSA) is 26.8 Å². The maximum absolute atomic E-state index is 13.1. The van der Waals surface area contributed by atoms with Gasteiger partial charge in [-0.25, -0.2) is 0 Å². The van der Waals surface area contributed by atoms with Crippen LogP contribution in [0, 0.1) is 12.8 Å². The number of anilines is 1. The Kier molecular flexibility index (Phi) is 6.56. The van der Waals surface area contributed by atoms with Gasteiger partial charge in [0.15, 0.2) is 0 Å². The van der Waals surface area contributed by atoms with Gasteiger partial charge in [0, 0.05) is 56.9 Å². The second-order valence-corrected chi connectivity index (χ2v) is 9.08. The number of likely N-dealkylation sites (tertiary alicyclic amines) is 1. The zero-order valence-electron chi connectivity index (χ0n) is 17.6. The van der Waals surface area contributed by atoms with Crippen LogP contribution in [0.25, 0.3) is 0 Å². The molecule has 0 bridgehead atoms. The van der Waals surface area contributed by atoms with Crippen molar-refractivity contribution in [2.24, 2.45) is 5.92 Å². The van der Waals surface area contributed by atoms with Crippen LogP contribution >= 0.6 is 0 Å². The Morgan fingerprint density at radius 1 is 0.857 bits per heavy atom. The number of rotatable bonds is 3. The molecule has 1 aromatic carbocycles. The van der Waals surface area contributed by atoms with Gasteiger partial charge in [0.2, 0.25) is 5.91 Å². The summed E-state index contributed by atoms with van der Waals surface area (Å²) in [5.74, 6) is 0.768. The van der Waals surface area contributed by atoms with Crippen molar-refractivity contribution in [3.05, 3.63) is 29.8 Å². The quantitative estimate of drug-likeness (QED) is 0.736. The van der Waals surface area contributed by atoms with Crippen LogP contribution in [0.1, 0.15) is 56.9 Å². The van der Waals surface area contributed by atoms with Gasteiger partial charge in [-0.15, -0.1) is 0 Å². The Bertz CT molecular complexity index is 645. The number of benzene rings is 1. The minimum absolute atomic E-state index is 0.305. The lowest BCUT2D eigenvalue weighted by Gasteiger charge is -2.44. The molecule has 2 saturated heterocycles. The first-order chi connectivity index (χ1) is 13.7. The number of nitrogens with zero attached hydrogens (tertiary/aromatic N) is 3. The highest BCUT2D eigenvalue weighted by atomic mass is 16.2. The van der Waals surface area contributed by atoms with Crippen molar-refractivity contribution in [3.63, 3.8) is 0 Å². The summed E-state index contributed by atoms with van der Waals surface area (Å²) in [5.41, 5.74) is 2.75. The maximum Gasteiger partial charge on any atom is 0.225 e. The van der Waals surface area contributed by atoms with E-state index >= 15 is 0 Å². The average molecular weight is 384 g/mol. The minimum Gasteiger partial charge on any atom is -0.369 e. The van der Waals surface area contributed by atoms with Crippen molar-refractivity contribution < 1.29 is 4.79 Å². The number of hydrogen-bond donors (Lipinski definition) is 0. The Morgan fingerprint density at radius 3 is 2.29 bits per heavy atom. The van der Waals surface area contributed by atoms with Gasteiger partial charge in [0.1, 0.15) is 0 Å². The lowest BCUT2D eigenvalue weighted by Crippen LogP contribution is -2.56. The molecule has 4 heteroatoms. The van der Waals surface area contributed by atoms with E-state index in [0.29, 0.717) is 17.9 Å². The summed E-state index contributed by atoms with van der Waals surface area (Å²) in [6, 6.07) is 9.28. The number of piperidine rings is 1. The Morgan fingerprint density at radius 2 is 1.57 bits per heavy atom. The third-order valence-corrected chi connectivity index (χ3v) is 7.20. The van der Waals surface area contributed by atoms with Crippen LogP contribution in [0.3, 0.4) is 0 Å². The fourth-order valence-electron chi connectivity index (χ4n) is 5.48. The Labute approximate surface area is 170 Å². The standard InChI is InChI=1S/C24H37N3O/c1-20-9-6-7-13-23(20)26-17-15-25(16-18-26)22-12-8-14-27(19-22)24(28)21-10-4-2-3-5-11-21/h6-7,9,13,21-22H,2-5,8,10-12,14-19H2,1H3/t22-/m0/s1. The summed E-state index contributed by atoms with van der Waals surface area (Å²) < 4.78 is 0. The molecule has 4 nitrogen and oxygen atoms in total. The number of carbonyl (C=O) groups excluding carboxylic acids is 1. The van der Waals surface area contributed by atoms with E-state index in [9.17, 15) is 4.79 Å². The third-order valence-electron chi connectivity index (χ3n) is 7.20. The fourth-order valence-corrected chi connectivity index (χ4v) is 5.48. The van der Waals surface area contributed by atoms with E-state index in [0.717, 1.165) is 52.1 Å². The fraction of sp³-hybridized carbons (Fsp3) is 0.708. The molecule has 0 radical (unpaired) electrons. The molecule has 1 aliphatic carbocycles. The zero-order chi connectivity index (χ0) is 19.3. The molecule has 0 aromatic heterocycles. The van der Waals surface area contributed by atoms with Gasteiger partial charge in [0.25, 0.3) is 0 Å². The smallest absolute Gasteiger partial charge is 0.225 e. The summed E-state index contributed by atoms with van der Waals surface area (Å²) in [7, 11) is 0. The molecule has 2 heterocycles. The number of carbonyl (C=O) groups is 1.